The van der Waals surface area contributed by atoms with Crippen LogP contribution in [0, 0.1) is 0 Å². The molecule has 15 heavy (non-hydrogen) atoms. The lowest BCUT2D eigenvalue weighted by molar-refractivity contribution is 0.486. The first-order valence-electron chi connectivity index (χ1n) is 4.71. The van der Waals surface area contributed by atoms with Crippen LogP contribution in [0.2, 0.25) is 0 Å². The Bertz CT molecular complexity index is 448. The molecule has 0 heterocycles. The van der Waals surface area contributed by atoms with Crippen molar-refractivity contribution in [2.45, 2.75) is 6.67 Å². The summed E-state index contributed by atoms with van der Waals surface area (Å²) in [4.78, 5) is 0. The molecule has 0 spiro atoms. The van der Waals surface area contributed by atoms with Gasteiger partial charge >= 0.3 is 0 Å². The van der Waals surface area contributed by atoms with Gasteiger partial charge in [-0.2, -0.15) is 0 Å². The maximum Gasteiger partial charge on any atom is 0.115 e. The SMILES string of the molecule is FCc1ccccc1-c1ccc(Br)cc1. The van der Waals surface area contributed by atoms with Crippen LogP contribution in [0.15, 0.2) is 53.0 Å². The predicted octanol–water partition coefficient (Wildman–Crippen LogP) is 4.59. The number of alkyl halides is 1. The van der Waals surface area contributed by atoms with Crippen LogP contribution in [-0.4, -0.2) is 0 Å². The lowest BCUT2D eigenvalue weighted by Crippen LogP contribution is -1.85. The molecule has 0 unspecified atom stereocenters. The van der Waals surface area contributed by atoms with E-state index in [1.807, 2.05) is 48.5 Å². The van der Waals surface area contributed by atoms with Crippen LogP contribution >= 0.6 is 15.9 Å². The van der Waals surface area contributed by atoms with Crippen LogP contribution in [-0.2, 0) is 6.67 Å². The second-order valence-corrected chi connectivity index (χ2v) is 4.21. The average Bonchev–Trinajstić information content (AvgIpc) is 2.30. The maximum atomic E-state index is 12.7. The third-order valence-electron chi connectivity index (χ3n) is 2.32. The first-order chi connectivity index (χ1) is 7.31. The lowest BCUT2D eigenvalue weighted by Gasteiger charge is -2.06. The van der Waals surface area contributed by atoms with E-state index in [9.17, 15) is 4.39 Å². The summed E-state index contributed by atoms with van der Waals surface area (Å²) in [5, 5.41) is 0. The maximum absolute atomic E-state index is 12.7. The van der Waals surface area contributed by atoms with Crippen molar-refractivity contribution in [2.24, 2.45) is 0 Å². The summed E-state index contributed by atoms with van der Waals surface area (Å²) in [5.74, 6) is 0. The zero-order valence-corrected chi connectivity index (χ0v) is 9.67. The van der Waals surface area contributed by atoms with E-state index in [0.29, 0.717) is 0 Å². The third kappa shape index (κ3) is 2.26. The molecule has 2 rings (SSSR count). The minimum Gasteiger partial charge on any atom is -0.246 e. The third-order valence-corrected chi connectivity index (χ3v) is 2.85. The summed E-state index contributed by atoms with van der Waals surface area (Å²) in [6.07, 6.45) is 0. The fourth-order valence-corrected chi connectivity index (χ4v) is 1.81. The van der Waals surface area contributed by atoms with Crippen LogP contribution < -0.4 is 0 Å². The van der Waals surface area contributed by atoms with Gasteiger partial charge in [-0.05, 0) is 28.8 Å². The van der Waals surface area contributed by atoms with E-state index >= 15 is 0 Å². The number of halogens is 2. The van der Waals surface area contributed by atoms with Crippen molar-refractivity contribution in [3.05, 3.63) is 58.6 Å². The molecule has 0 N–H and O–H groups in total. The van der Waals surface area contributed by atoms with Crippen molar-refractivity contribution in [1.29, 1.82) is 0 Å². The largest absolute Gasteiger partial charge is 0.246 e. The van der Waals surface area contributed by atoms with Gasteiger partial charge in [-0.1, -0.05) is 52.3 Å². The summed E-state index contributed by atoms with van der Waals surface area (Å²) in [7, 11) is 0. The monoisotopic (exact) mass is 264 g/mol. The highest BCUT2D eigenvalue weighted by atomic mass is 79.9. The van der Waals surface area contributed by atoms with Crippen molar-refractivity contribution in [2.75, 3.05) is 0 Å². The minimum absolute atomic E-state index is 0.424. The van der Waals surface area contributed by atoms with E-state index in [0.717, 1.165) is 21.2 Å². The quantitative estimate of drug-likeness (QED) is 0.745. The van der Waals surface area contributed by atoms with Gasteiger partial charge in [0.25, 0.3) is 0 Å². The fourth-order valence-electron chi connectivity index (χ4n) is 1.55. The van der Waals surface area contributed by atoms with Gasteiger partial charge in [0.05, 0.1) is 0 Å². The van der Waals surface area contributed by atoms with Gasteiger partial charge in [0.2, 0.25) is 0 Å². The van der Waals surface area contributed by atoms with Gasteiger partial charge in [0, 0.05) is 4.47 Å². The molecule has 2 heteroatoms. The summed E-state index contributed by atoms with van der Waals surface area (Å²) >= 11 is 3.38. The van der Waals surface area contributed by atoms with Crippen LogP contribution in [0.3, 0.4) is 0 Å². The molecular formula is C13H10BrF. The summed E-state index contributed by atoms with van der Waals surface area (Å²) in [6, 6.07) is 15.4. The van der Waals surface area contributed by atoms with E-state index in [4.69, 9.17) is 0 Å². The Morgan fingerprint density at radius 3 is 2.27 bits per heavy atom. The molecule has 0 saturated carbocycles. The Hall–Kier alpha value is -1.15. The zero-order chi connectivity index (χ0) is 10.7. The molecule has 0 aliphatic heterocycles. The Morgan fingerprint density at radius 1 is 0.933 bits per heavy atom. The highest BCUT2D eigenvalue weighted by Gasteiger charge is 2.03. The van der Waals surface area contributed by atoms with E-state index in [2.05, 4.69) is 15.9 Å². The molecule has 0 fully saturated rings. The zero-order valence-electron chi connectivity index (χ0n) is 8.08. The number of hydrogen-bond donors (Lipinski definition) is 0. The van der Waals surface area contributed by atoms with E-state index in [1.54, 1.807) is 0 Å². The molecule has 0 aliphatic carbocycles. The lowest BCUT2D eigenvalue weighted by atomic mass is 10.0. The average molecular weight is 265 g/mol. The molecule has 0 saturated heterocycles. The number of rotatable bonds is 2. The predicted molar refractivity (Wildman–Crippen MR) is 64.4 cm³/mol. The van der Waals surface area contributed by atoms with Crippen molar-refractivity contribution in [3.8, 4) is 11.1 Å². The molecule has 0 radical (unpaired) electrons. The Kier molecular flexibility index (Phi) is 3.17. The fraction of sp³-hybridized carbons (Fsp3) is 0.0769. The second-order valence-electron chi connectivity index (χ2n) is 3.30. The molecule has 0 amide bonds. The number of benzene rings is 2. The van der Waals surface area contributed by atoms with Crippen LogP contribution in [0.1, 0.15) is 5.56 Å². The molecule has 0 nitrogen and oxygen atoms in total. The van der Waals surface area contributed by atoms with Gasteiger partial charge in [-0.3, -0.25) is 0 Å². The highest BCUT2D eigenvalue weighted by molar-refractivity contribution is 9.10. The van der Waals surface area contributed by atoms with E-state index < -0.39 is 6.67 Å². The first kappa shape index (κ1) is 10.4. The molecular weight excluding hydrogens is 255 g/mol. The van der Waals surface area contributed by atoms with Crippen LogP contribution in [0.4, 0.5) is 4.39 Å². The van der Waals surface area contributed by atoms with Crippen molar-refractivity contribution < 1.29 is 4.39 Å². The molecule has 0 aliphatic rings. The van der Waals surface area contributed by atoms with Gasteiger partial charge in [0.1, 0.15) is 6.67 Å². The number of hydrogen-bond acceptors (Lipinski definition) is 0. The molecule has 2 aromatic rings. The summed E-state index contributed by atoms with van der Waals surface area (Å²) in [5.41, 5.74) is 2.75. The molecule has 0 bridgehead atoms. The van der Waals surface area contributed by atoms with Crippen molar-refractivity contribution >= 4 is 15.9 Å². The normalized spacial score (nSPS) is 10.3. The van der Waals surface area contributed by atoms with E-state index in [1.165, 1.54) is 0 Å². The Labute approximate surface area is 96.9 Å². The van der Waals surface area contributed by atoms with Gasteiger partial charge in [0.15, 0.2) is 0 Å². The molecule has 0 atom stereocenters. The van der Waals surface area contributed by atoms with Gasteiger partial charge in [-0.15, -0.1) is 0 Å². The Balaban J connectivity index is 2.49. The Morgan fingerprint density at radius 2 is 1.60 bits per heavy atom. The van der Waals surface area contributed by atoms with Crippen molar-refractivity contribution in [3.63, 3.8) is 0 Å². The minimum atomic E-state index is -0.424. The van der Waals surface area contributed by atoms with Gasteiger partial charge in [-0.25, -0.2) is 4.39 Å². The standard InChI is InChI=1S/C13H10BrF/c14-12-7-5-10(6-8-12)13-4-2-1-3-11(13)9-15/h1-8H,9H2. The van der Waals surface area contributed by atoms with E-state index in [-0.39, 0.29) is 0 Å². The summed E-state index contributed by atoms with van der Waals surface area (Å²) in [6.45, 7) is -0.424. The molecule has 2 aromatic carbocycles. The van der Waals surface area contributed by atoms with Crippen LogP contribution in [0.5, 0.6) is 0 Å². The van der Waals surface area contributed by atoms with Gasteiger partial charge < -0.3 is 0 Å². The first-order valence-corrected chi connectivity index (χ1v) is 5.50. The summed E-state index contributed by atoms with van der Waals surface area (Å²) < 4.78 is 13.8. The molecule has 0 aromatic heterocycles. The highest BCUT2D eigenvalue weighted by Crippen LogP contribution is 2.25. The van der Waals surface area contributed by atoms with Crippen molar-refractivity contribution in [1.82, 2.24) is 0 Å². The topological polar surface area (TPSA) is 0 Å². The second kappa shape index (κ2) is 4.58. The smallest absolute Gasteiger partial charge is 0.115 e. The molecule has 76 valence electrons. The van der Waals surface area contributed by atoms with Crippen LogP contribution in [0.25, 0.3) is 11.1 Å².